The molecule has 0 bridgehead atoms. The van der Waals surface area contributed by atoms with E-state index < -0.39 is 0 Å². The highest BCUT2D eigenvalue weighted by molar-refractivity contribution is 6.99. The summed E-state index contributed by atoms with van der Waals surface area (Å²) >= 11 is 1.18. The van der Waals surface area contributed by atoms with E-state index in [0.29, 0.717) is 0 Å². The van der Waals surface area contributed by atoms with Gasteiger partial charge in [0.05, 0.1) is 29.7 Å². The third-order valence-corrected chi connectivity index (χ3v) is 1.83. The van der Waals surface area contributed by atoms with Crippen LogP contribution in [0.3, 0.4) is 0 Å². The Labute approximate surface area is 69.4 Å². The predicted molar refractivity (Wildman–Crippen MR) is 44.8 cm³/mol. The zero-order valence-electron chi connectivity index (χ0n) is 6.03. The lowest BCUT2D eigenvalue weighted by atomic mass is 10.2. The first kappa shape index (κ1) is 8.32. The Morgan fingerprint density at radius 1 is 1.91 bits per heavy atom. The van der Waals surface area contributed by atoms with Crippen LogP contribution in [0.2, 0.25) is 0 Å². The van der Waals surface area contributed by atoms with Crippen LogP contribution in [0.15, 0.2) is 18.9 Å². The number of hydrogen-bond acceptors (Lipinski definition) is 5. The maximum Gasteiger partial charge on any atom is 0.0928 e. The van der Waals surface area contributed by atoms with Crippen LogP contribution in [0.4, 0.5) is 0 Å². The van der Waals surface area contributed by atoms with E-state index >= 15 is 0 Å². The number of rotatable bonds is 4. The second-order valence-corrected chi connectivity index (χ2v) is 2.63. The summed E-state index contributed by atoms with van der Waals surface area (Å²) in [6.07, 6.45) is 4.27. The molecule has 1 unspecified atom stereocenters. The van der Waals surface area contributed by atoms with Crippen molar-refractivity contribution in [1.82, 2.24) is 14.2 Å². The van der Waals surface area contributed by atoms with Gasteiger partial charge in [0.1, 0.15) is 0 Å². The highest BCUT2D eigenvalue weighted by Gasteiger charge is 2.09. The molecule has 0 aromatic carbocycles. The zero-order chi connectivity index (χ0) is 8.10. The fourth-order valence-electron chi connectivity index (χ4n) is 0.766. The van der Waals surface area contributed by atoms with Crippen molar-refractivity contribution in [2.24, 2.45) is 5.84 Å². The lowest BCUT2D eigenvalue weighted by molar-refractivity contribution is 0.551. The van der Waals surface area contributed by atoms with Crippen molar-refractivity contribution in [1.29, 1.82) is 0 Å². The van der Waals surface area contributed by atoms with E-state index in [1.54, 1.807) is 12.3 Å². The summed E-state index contributed by atoms with van der Waals surface area (Å²) in [7, 11) is 0. The lowest BCUT2D eigenvalue weighted by Gasteiger charge is -2.08. The molecule has 11 heavy (non-hydrogen) atoms. The van der Waals surface area contributed by atoms with Gasteiger partial charge in [0.25, 0.3) is 0 Å². The number of hydrogen-bond donors (Lipinski definition) is 2. The Morgan fingerprint density at radius 3 is 3.18 bits per heavy atom. The van der Waals surface area contributed by atoms with E-state index in [1.165, 1.54) is 11.7 Å². The monoisotopic (exact) mass is 170 g/mol. The van der Waals surface area contributed by atoms with E-state index in [2.05, 4.69) is 20.8 Å². The summed E-state index contributed by atoms with van der Waals surface area (Å²) in [6, 6.07) is 0.0475. The summed E-state index contributed by atoms with van der Waals surface area (Å²) in [5.41, 5.74) is 3.51. The average molecular weight is 170 g/mol. The fourth-order valence-corrected chi connectivity index (χ4v) is 1.24. The number of nitrogens with one attached hydrogen (secondary N) is 1. The minimum absolute atomic E-state index is 0.0475. The van der Waals surface area contributed by atoms with E-state index in [4.69, 9.17) is 5.84 Å². The third-order valence-electron chi connectivity index (χ3n) is 1.34. The van der Waals surface area contributed by atoms with Gasteiger partial charge in [-0.2, -0.15) is 8.75 Å². The van der Waals surface area contributed by atoms with Gasteiger partial charge in [-0.3, -0.25) is 11.3 Å². The van der Waals surface area contributed by atoms with E-state index in [1.807, 2.05) is 0 Å². The van der Waals surface area contributed by atoms with Crippen LogP contribution in [0.25, 0.3) is 0 Å². The lowest BCUT2D eigenvalue weighted by Crippen LogP contribution is -2.27. The summed E-state index contributed by atoms with van der Waals surface area (Å²) in [4.78, 5) is 0. The molecule has 0 aliphatic rings. The highest BCUT2D eigenvalue weighted by Crippen LogP contribution is 2.12. The smallest absolute Gasteiger partial charge is 0.0928 e. The van der Waals surface area contributed by atoms with Gasteiger partial charge in [-0.1, -0.05) is 6.08 Å². The first-order chi connectivity index (χ1) is 5.38. The number of aromatic nitrogens is 2. The van der Waals surface area contributed by atoms with Crippen molar-refractivity contribution < 1.29 is 0 Å². The molecule has 0 saturated heterocycles. The molecule has 1 rings (SSSR count). The van der Waals surface area contributed by atoms with E-state index in [9.17, 15) is 0 Å². The number of nitrogens with two attached hydrogens (primary N) is 1. The Hall–Kier alpha value is -0.780. The minimum Gasteiger partial charge on any atom is -0.271 e. The maximum atomic E-state index is 5.29. The van der Waals surface area contributed by atoms with Gasteiger partial charge in [-0.15, -0.1) is 6.58 Å². The van der Waals surface area contributed by atoms with Crippen LogP contribution < -0.4 is 11.3 Å². The van der Waals surface area contributed by atoms with Gasteiger partial charge in [-0.05, 0) is 6.42 Å². The Balaban J connectivity index is 2.62. The molecular formula is C6H10N4S. The quantitative estimate of drug-likeness (QED) is 0.395. The second-order valence-electron chi connectivity index (χ2n) is 2.08. The molecular weight excluding hydrogens is 160 g/mol. The molecule has 0 saturated carbocycles. The molecule has 3 N–H and O–H groups in total. The molecule has 1 heterocycles. The van der Waals surface area contributed by atoms with Gasteiger partial charge in [0, 0.05) is 0 Å². The predicted octanol–water partition coefficient (Wildman–Crippen LogP) is 0.619. The van der Waals surface area contributed by atoms with Gasteiger partial charge >= 0.3 is 0 Å². The molecule has 1 atom stereocenters. The molecule has 0 radical (unpaired) electrons. The topological polar surface area (TPSA) is 63.8 Å². The molecule has 0 amide bonds. The SMILES string of the molecule is C=CCC(NN)c1cnsn1. The fraction of sp³-hybridized carbons (Fsp3) is 0.333. The average Bonchev–Trinajstić information content (AvgIpc) is 2.52. The zero-order valence-corrected chi connectivity index (χ0v) is 6.84. The Bertz CT molecular complexity index is 208. The number of nitrogens with zero attached hydrogens (tertiary/aromatic N) is 2. The standard InChI is InChI=1S/C6H10N4S/c1-2-3-5(9-7)6-4-8-11-10-6/h2,4-5,9H,1,3,7H2. The van der Waals surface area contributed by atoms with Crippen molar-refractivity contribution in [3.8, 4) is 0 Å². The molecule has 1 aromatic rings. The first-order valence-electron chi connectivity index (χ1n) is 3.23. The van der Waals surface area contributed by atoms with Crippen molar-refractivity contribution in [2.45, 2.75) is 12.5 Å². The second kappa shape index (κ2) is 4.17. The van der Waals surface area contributed by atoms with E-state index in [0.717, 1.165) is 12.1 Å². The van der Waals surface area contributed by atoms with Crippen LogP contribution in [0, 0.1) is 0 Å². The largest absolute Gasteiger partial charge is 0.271 e. The van der Waals surface area contributed by atoms with Crippen LogP contribution in [0.1, 0.15) is 18.2 Å². The van der Waals surface area contributed by atoms with Crippen molar-refractivity contribution in [3.05, 3.63) is 24.5 Å². The summed E-state index contributed by atoms with van der Waals surface area (Å²) in [6.45, 7) is 3.62. The summed E-state index contributed by atoms with van der Waals surface area (Å²) in [5, 5.41) is 0. The Morgan fingerprint density at radius 2 is 2.73 bits per heavy atom. The van der Waals surface area contributed by atoms with Crippen molar-refractivity contribution >= 4 is 11.7 Å². The molecule has 1 aromatic heterocycles. The van der Waals surface area contributed by atoms with Gasteiger partial charge in [0.2, 0.25) is 0 Å². The molecule has 0 spiro atoms. The molecule has 60 valence electrons. The highest BCUT2D eigenvalue weighted by atomic mass is 32.1. The first-order valence-corrected chi connectivity index (χ1v) is 3.96. The van der Waals surface area contributed by atoms with E-state index in [-0.39, 0.29) is 6.04 Å². The maximum absolute atomic E-state index is 5.29. The Kier molecular flexibility index (Phi) is 3.15. The molecule has 4 nitrogen and oxygen atoms in total. The summed E-state index contributed by atoms with van der Waals surface area (Å²) in [5.74, 6) is 5.29. The van der Waals surface area contributed by atoms with Crippen molar-refractivity contribution in [3.63, 3.8) is 0 Å². The van der Waals surface area contributed by atoms with Crippen LogP contribution in [0.5, 0.6) is 0 Å². The van der Waals surface area contributed by atoms with Crippen LogP contribution in [-0.2, 0) is 0 Å². The molecule has 0 aliphatic heterocycles. The molecule has 0 aliphatic carbocycles. The molecule has 5 heteroatoms. The summed E-state index contributed by atoms with van der Waals surface area (Å²) < 4.78 is 7.92. The molecule has 0 fully saturated rings. The van der Waals surface area contributed by atoms with Gasteiger partial charge in [-0.25, -0.2) is 0 Å². The van der Waals surface area contributed by atoms with Crippen LogP contribution in [-0.4, -0.2) is 8.75 Å². The normalized spacial score (nSPS) is 12.8. The minimum atomic E-state index is 0.0475. The van der Waals surface area contributed by atoms with Crippen molar-refractivity contribution in [2.75, 3.05) is 0 Å². The van der Waals surface area contributed by atoms with Crippen LogP contribution >= 0.6 is 11.7 Å². The van der Waals surface area contributed by atoms with Gasteiger partial charge in [0.15, 0.2) is 0 Å². The third kappa shape index (κ3) is 2.07. The van der Waals surface area contributed by atoms with Gasteiger partial charge < -0.3 is 0 Å². The number of hydrazine groups is 1.